The number of carbonyl (C=O) groups is 1. The van der Waals surface area contributed by atoms with Crippen LogP contribution in [0.25, 0.3) is 0 Å². The third-order valence-electron chi connectivity index (χ3n) is 6.51. The molecule has 2 heterocycles. The van der Waals surface area contributed by atoms with Crippen molar-refractivity contribution in [2.45, 2.75) is 24.2 Å². The lowest BCUT2D eigenvalue weighted by Gasteiger charge is -2.35. The lowest BCUT2D eigenvalue weighted by molar-refractivity contribution is 0.0953. The zero-order valence-electron chi connectivity index (χ0n) is 20.0. The van der Waals surface area contributed by atoms with Gasteiger partial charge in [-0.25, -0.2) is 21.2 Å². The summed E-state index contributed by atoms with van der Waals surface area (Å²) in [7, 11) is -7.00. The molecule has 0 bridgehead atoms. The first-order valence-electron chi connectivity index (χ1n) is 12.0. The number of nitrogens with one attached hydrogen (secondary N) is 1. The SMILES string of the molecule is O=C(NCCCS(=O)(=O)N1CCN(c2ccc(F)cc2)CC1)c1ccc(S(=O)(=O)N2CCCC2)cc1. The molecule has 0 atom stereocenters. The molecule has 0 unspecified atom stereocenters. The van der Waals surface area contributed by atoms with E-state index < -0.39 is 20.0 Å². The van der Waals surface area contributed by atoms with Crippen LogP contribution in [-0.4, -0.2) is 82.9 Å². The molecule has 2 saturated heterocycles. The van der Waals surface area contributed by atoms with Crippen LogP contribution in [0.4, 0.5) is 10.1 Å². The maximum atomic E-state index is 13.1. The molecule has 4 rings (SSSR count). The lowest BCUT2D eigenvalue weighted by atomic mass is 10.2. The number of hydrogen-bond donors (Lipinski definition) is 1. The van der Waals surface area contributed by atoms with Gasteiger partial charge in [-0.05, 0) is 67.8 Å². The average molecular weight is 539 g/mol. The van der Waals surface area contributed by atoms with Crippen LogP contribution in [0.5, 0.6) is 0 Å². The van der Waals surface area contributed by atoms with Crippen molar-refractivity contribution in [2.24, 2.45) is 0 Å². The van der Waals surface area contributed by atoms with E-state index >= 15 is 0 Å². The summed E-state index contributed by atoms with van der Waals surface area (Å²) in [6.07, 6.45) is 1.96. The standard InChI is InChI=1S/C24H31FN4O5S2/c25-21-6-8-22(9-7-21)27-15-17-28(18-16-27)35(31,32)19-3-12-26-24(30)20-4-10-23(11-5-20)36(33,34)29-13-1-2-14-29/h4-11H,1-3,12-19H2,(H,26,30). The minimum absolute atomic E-state index is 0.0865. The molecular formula is C24H31FN4O5S2. The van der Waals surface area contributed by atoms with Gasteiger partial charge < -0.3 is 10.2 Å². The fourth-order valence-corrected chi connectivity index (χ4v) is 7.42. The second-order valence-electron chi connectivity index (χ2n) is 8.92. The van der Waals surface area contributed by atoms with Gasteiger partial charge in [0.15, 0.2) is 0 Å². The Morgan fingerprint density at radius 2 is 1.42 bits per heavy atom. The number of hydrogen-bond acceptors (Lipinski definition) is 6. The van der Waals surface area contributed by atoms with Crippen molar-refractivity contribution in [3.63, 3.8) is 0 Å². The van der Waals surface area contributed by atoms with Gasteiger partial charge in [-0.3, -0.25) is 4.79 Å². The summed E-state index contributed by atoms with van der Waals surface area (Å²) in [6, 6.07) is 11.9. The van der Waals surface area contributed by atoms with Crippen LogP contribution in [0.1, 0.15) is 29.6 Å². The Morgan fingerprint density at radius 3 is 2.03 bits per heavy atom. The third kappa shape index (κ3) is 6.23. The quantitative estimate of drug-likeness (QED) is 0.489. The molecule has 2 aliphatic rings. The van der Waals surface area contributed by atoms with Crippen LogP contribution >= 0.6 is 0 Å². The molecule has 2 aromatic rings. The van der Waals surface area contributed by atoms with Gasteiger partial charge in [0.05, 0.1) is 10.6 Å². The molecule has 2 aromatic carbocycles. The molecule has 12 heteroatoms. The van der Waals surface area contributed by atoms with Crippen molar-refractivity contribution in [1.82, 2.24) is 13.9 Å². The minimum Gasteiger partial charge on any atom is -0.369 e. The molecule has 9 nitrogen and oxygen atoms in total. The van der Waals surface area contributed by atoms with E-state index in [9.17, 15) is 26.0 Å². The van der Waals surface area contributed by atoms with Gasteiger partial charge in [0.25, 0.3) is 5.91 Å². The van der Waals surface area contributed by atoms with Crippen LogP contribution in [0.3, 0.4) is 0 Å². The monoisotopic (exact) mass is 538 g/mol. The maximum absolute atomic E-state index is 13.1. The number of carbonyl (C=O) groups excluding carboxylic acids is 1. The van der Waals surface area contributed by atoms with Crippen molar-refractivity contribution < 1.29 is 26.0 Å². The van der Waals surface area contributed by atoms with Gasteiger partial charge in [-0.2, -0.15) is 8.61 Å². The first kappa shape index (κ1) is 26.5. The van der Waals surface area contributed by atoms with Gasteiger partial charge in [-0.15, -0.1) is 0 Å². The Kier molecular flexibility index (Phi) is 8.28. The highest BCUT2D eigenvalue weighted by atomic mass is 32.2. The molecule has 0 aliphatic carbocycles. The van der Waals surface area contributed by atoms with E-state index in [1.54, 1.807) is 12.1 Å². The van der Waals surface area contributed by atoms with E-state index in [0.717, 1.165) is 18.5 Å². The average Bonchev–Trinajstić information content (AvgIpc) is 3.43. The molecule has 2 aliphatic heterocycles. The zero-order valence-corrected chi connectivity index (χ0v) is 21.6. The first-order chi connectivity index (χ1) is 17.2. The molecule has 0 saturated carbocycles. The van der Waals surface area contributed by atoms with Crippen LogP contribution in [0.2, 0.25) is 0 Å². The molecule has 1 N–H and O–H groups in total. The van der Waals surface area contributed by atoms with E-state index in [-0.39, 0.29) is 35.3 Å². The smallest absolute Gasteiger partial charge is 0.251 e. The van der Waals surface area contributed by atoms with Gasteiger partial charge in [-0.1, -0.05) is 0 Å². The zero-order chi connectivity index (χ0) is 25.8. The summed E-state index contributed by atoms with van der Waals surface area (Å²) in [5.41, 5.74) is 1.17. The van der Waals surface area contributed by atoms with E-state index in [0.29, 0.717) is 44.8 Å². The highest BCUT2D eigenvalue weighted by Gasteiger charge is 2.28. The Bertz CT molecular complexity index is 1250. The van der Waals surface area contributed by atoms with Crippen molar-refractivity contribution in [1.29, 1.82) is 0 Å². The largest absolute Gasteiger partial charge is 0.369 e. The van der Waals surface area contributed by atoms with Crippen LogP contribution in [-0.2, 0) is 20.0 Å². The fourth-order valence-electron chi connectivity index (χ4n) is 4.42. The Morgan fingerprint density at radius 1 is 0.806 bits per heavy atom. The van der Waals surface area contributed by atoms with E-state index in [1.165, 1.54) is 45.0 Å². The Hall–Kier alpha value is -2.54. The van der Waals surface area contributed by atoms with Crippen LogP contribution in [0, 0.1) is 5.82 Å². The normalized spacial score (nSPS) is 17.9. The predicted octanol–water partition coefficient (Wildman–Crippen LogP) is 1.88. The molecule has 0 aromatic heterocycles. The highest BCUT2D eigenvalue weighted by molar-refractivity contribution is 7.89. The third-order valence-corrected chi connectivity index (χ3v) is 10.4. The van der Waals surface area contributed by atoms with E-state index in [2.05, 4.69) is 5.32 Å². The van der Waals surface area contributed by atoms with Crippen LogP contribution < -0.4 is 10.2 Å². The number of rotatable bonds is 9. The topological polar surface area (TPSA) is 107 Å². The van der Waals surface area contributed by atoms with Crippen molar-refractivity contribution in [2.75, 3.05) is 56.5 Å². The summed E-state index contributed by atoms with van der Waals surface area (Å²) in [5, 5.41) is 2.70. The van der Waals surface area contributed by atoms with Crippen LogP contribution in [0.15, 0.2) is 53.4 Å². The van der Waals surface area contributed by atoms with Crippen molar-refractivity contribution in [3.05, 3.63) is 59.9 Å². The lowest BCUT2D eigenvalue weighted by Crippen LogP contribution is -2.49. The van der Waals surface area contributed by atoms with Crippen molar-refractivity contribution >= 4 is 31.6 Å². The molecule has 0 radical (unpaired) electrons. The summed E-state index contributed by atoms with van der Waals surface area (Å²) in [6.45, 7) is 2.93. The summed E-state index contributed by atoms with van der Waals surface area (Å²) in [4.78, 5) is 14.6. The van der Waals surface area contributed by atoms with Crippen molar-refractivity contribution in [3.8, 4) is 0 Å². The van der Waals surface area contributed by atoms with Gasteiger partial charge in [0, 0.05) is 57.1 Å². The molecule has 36 heavy (non-hydrogen) atoms. The number of halogens is 1. The number of sulfonamides is 2. The maximum Gasteiger partial charge on any atom is 0.251 e. The minimum atomic E-state index is -3.54. The first-order valence-corrected chi connectivity index (χ1v) is 15.1. The second kappa shape index (κ2) is 11.2. The van der Waals surface area contributed by atoms with E-state index in [4.69, 9.17) is 0 Å². The molecule has 1 amide bonds. The Balaban J connectivity index is 1.21. The number of amides is 1. The fraction of sp³-hybridized carbons (Fsp3) is 0.458. The molecule has 196 valence electrons. The number of piperazine rings is 1. The molecule has 2 fully saturated rings. The number of benzene rings is 2. The van der Waals surface area contributed by atoms with E-state index in [1.807, 2.05) is 4.90 Å². The number of anilines is 1. The summed E-state index contributed by atoms with van der Waals surface area (Å²) in [5.74, 6) is -0.781. The predicted molar refractivity (Wildman–Crippen MR) is 135 cm³/mol. The highest BCUT2D eigenvalue weighted by Crippen LogP contribution is 2.21. The van der Waals surface area contributed by atoms with Gasteiger partial charge in [0.2, 0.25) is 20.0 Å². The summed E-state index contributed by atoms with van der Waals surface area (Å²) < 4.78 is 66.7. The molecule has 0 spiro atoms. The van der Waals surface area contributed by atoms with Gasteiger partial charge in [0.1, 0.15) is 5.82 Å². The Labute approximate surface area is 212 Å². The second-order valence-corrected chi connectivity index (χ2v) is 12.9. The summed E-state index contributed by atoms with van der Waals surface area (Å²) >= 11 is 0. The molecular weight excluding hydrogens is 507 g/mol. The number of nitrogens with zero attached hydrogens (tertiary/aromatic N) is 3. The van der Waals surface area contributed by atoms with Gasteiger partial charge >= 0.3 is 0 Å².